The number of nitrogens with one attached hydrogen (secondary N) is 1. The molecule has 1 N–H and O–H groups in total. The van der Waals surface area contributed by atoms with Crippen LogP contribution < -0.4 is 5.32 Å². The summed E-state index contributed by atoms with van der Waals surface area (Å²) in [6.07, 6.45) is -4.60. The lowest BCUT2D eigenvalue weighted by Gasteiger charge is -2.10. The van der Waals surface area contributed by atoms with Gasteiger partial charge in [0.25, 0.3) is 0 Å². The van der Waals surface area contributed by atoms with Crippen molar-refractivity contribution >= 4 is 29.2 Å². The molecule has 4 nitrogen and oxygen atoms in total. The van der Waals surface area contributed by atoms with Crippen LogP contribution in [-0.2, 0) is 20.5 Å². The van der Waals surface area contributed by atoms with Gasteiger partial charge in [-0.1, -0.05) is 11.6 Å². The maximum Gasteiger partial charge on any atom is 0.416 e. The minimum atomic E-state index is -4.60. The Morgan fingerprint density at radius 3 is 2.39 bits per heavy atom. The third-order valence-electron chi connectivity index (χ3n) is 1.85. The number of benzene rings is 1. The number of halogens is 4. The Labute approximate surface area is 105 Å². The van der Waals surface area contributed by atoms with Gasteiger partial charge in [0, 0.05) is 10.7 Å². The summed E-state index contributed by atoms with van der Waals surface area (Å²) in [6.45, 7) is 0. The van der Waals surface area contributed by atoms with Gasteiger partial charge < -0.3 is 10.1 Å². The van der Waals surface area contributed by atoms with Gasteiger partial charge in [-0.15, -0.1) is 0 Å². The van der Waals surface area contributed by atoms with Gasteiger partial charge in [0.05, 0.1) is 12.7 Å². The minimum absolute atomic E-state index is 0.218. The van der Waals surface area contributed by atoms with E-state index in [1.165, 1.54) is 0 Å². The highest BCUT2D eigenvalue weighted by Crippen LogP contribution is 2.33. The Hall–Kier alpha value is -1.76. The molecule has 1 rings (SSSR count). The zero-order valence-corrected chi connectivity index (χ0v) is 9.72. The number of esters is 1. The first kappa shape index (κ1) is 14.3. The zero-order chi connectivity index (χ0) is 13.9. The fraction of sp³-hybridized carbons (Fsp3) is 0.200. The van der Waals surface area contributed by atoms with Gasteiger partial charge in [0.15, 0.2) is 0 Å². The van der Waals surface area contributed by atoms with Crippen LogP contribution in [0.15, 0.2) is 18.2 Å². The number of ether oxygens (including phenoxy) is 1. The molecule has 1 aromatic rings. The molecule has 18 heavy (non-hydrogen) atoms. The molecule has 0 heterocycles. The summed E-state index contributed by atoms with van der Waals surface area (Å²) in [4.78, 5) is 21.9. The number of amides is 1. The summed E-state index contributed by atoms with van der Waals surface area (Å²) in [7, 11) is 0.973. The highest BCUT2D eigenvalue weighted by atomic mass is 35.5. The van der Waals surface area contributed by atoms with Crippen LogP contribution in [0.2, 0.25) is 5.02 Å². The van der Waals surface area contributed by atoms with Crippen molar-refractivity contribution in [1.82, 2.24) is 0 Å². The third-order valence-corrected chi connectivity index (χ3v) is 2.07. The normalized spacial score (nSPS) is 10.9. The first-order valence-corrected chi connectivity index (χ1v) is 4.89. The molecule has 0 aliphatic heterocycles. The van der Waals surface area contributed by atoms with Gasteiger partial charge in [-0.3, -0.25) is 4.79 Å². The van der Waals surface area contributed by atoms with E-state index in [1.807, 2.05) is 5.32 Å². The largest absolute Gasteiger partial charge is 0.462 e. The fourth-order valence-corrected chi connectivity index (χ4v) is 1.34. The second-order valence-electron chi connectivity index (χ2n) is 3.17. The van der Waals surface area contributed by atoms with Crippen molar-refractivity contribution in [2.45, 2.75) is 6.18 Å². The number of rotatable bonds is 1. The number of methoxy groups -OCH3 is 1. The lowest BCUT2D eigenvalue weighted by molar-refractivity contribution is -0.150. The minimum Gasteiger partial charge on any atom is -0.462 e. The average Bonchev–Trinajstić information content (AvgIpc) is 2.25. The molecule has 8 heteroatoms. The Morgan fingerprint density at radius 2 is 1.89 bits per heavy atom. The van der Waals surface area contributed by atoms with Crippen LogP contribution in [0.3, 0.4) is 0 Å². The van der Waals surface area contributed by atoms with Crippen molar-refractivity contribution in [2.24, 2.45) is 0 Å². The maximum atomic E-state index is 12.4. The lowest BCUT2D eigenvalue weighted by Crippen LogP contribution is -2.24. The van der Waals surface area contributed by atoms with E-state index in [1.54, 1.807) is 0 Å². The SMILES string of the molecule is COC(=O)C(=O)Nc1cc(Cl)cc(C(F)(F)F)c1. The molecule has 1 aromatic carbocycles. The summed E-state index contributed by atoms with van der Waals surface area (Å²) in [5, 5.41) is 1.73. The molecule has 0 unspecified atom stereocenters. The van der Waals surface area contributed by atoms with Crippen LogP contribution in [0.1, 0.15) is 5.56 Å². The summed E-state index contributed by atoms with van der Waals surface area (Å²) < 4.78 is 41.4. The van der Waals surface area contributed by atoms with E-state index in [-0.39, 0.29) is 10.7 Å². The average molecular weight is 282 g/mol. The molecule has 0 spiro atoms. The number of alkyl halides is 3. The van der Waals surface area contributed by atoms with Crippen LogP contribution in [0, 0.1) is 0 Å². The molecule has 0 saturated heterocycles. The van der Waals surface area contributed by atoms with Crippen molar-refractivity contribution in [1.29, 1.82) is 0 Å². The number of hydrogen-bond acceptors (Lipinski definition) is 3. The first-order valence-electron chi connectivity index (χ1n) is 4.51. The Morgan fingerprint density at radius 1 is 1.28 bits per heavy atom. The van der Waals surface area contributed by atoms with Crippen LogP contribution in [0.25, 0.3) is 0 Å². The topological polar surface area (TPSA) is 55.4 Å². The first-order chi connectivity index (χ1) is 8.24. The monoisotopic (exact) mass is 281 g/mol. The van der Waals surface area contributed by atoms with Crippen molar-refractivity contribution < 1.29 is 27.5 Å². The van der Waals surface area contributed by atoms with E-state index >= 15 is 0 Å². The highest BCUT2D eigenvalue weighted by Gasteiger charge is 2.31. The second-order valence-corrected chi connectivity index (χ2v) is 3.61. The fourth-order valence-electron chi connectivity index (χ4n) is 1.10. The van der Waals surface area contributed by atoms with Gasteiger partial charge >= 0.3 is 18.1 Å². The van der Waals surface area contributed by atoms with Crippen molar-refractivity contribution in [2.75, 3.05) is 12.4 Å². The van der Waals surface area contributed by atoms with E-state index in [0.29, 0.717) is 12.1 Å². The number of carbonyl (C=O) groups excluding carboxylic acids is 2. The summed E-state index contributed by atoms with van der Waals surface area (Å²) in [5.74, 6) is -2.41. The van der Waals surface area contributed by atoms with E-state index < -0.39 is 23.6 Å². The quantitative estimate of drug-likeness (QED) is 0.635. The highest BCUT2D eigenvalue weighted by molar-refractivity contribution is 6.37. The van der Waals surface area contributed by atoms with Gasteiger partial charge in [-0.25, -0.2) is 4.79 Å². The molecule has 0 atom stereocenters. The van der Waals surface area contributed by atoms with Crippen LogP contribution in [-0.4, -0.2) is 19.0 Å². The lowest BCUT2D eigenvalue weighted by atomic mass is 10.2. The van der Waals surface area contributed by atoms with Crippen LogP contribution in [0.4, 0.5) is 18.9 Å². The maximum absolute atomic E-state index is 12.4. The van der Waals surface area contributed by atoms with Gasteiger partial charge in [0.2, 0.25) is 0 Å². The summed E-state index contributed by atoms with van der Waals surface area (Å²) in [6, 6.07) is 2.44. The molecule has 1 amide bonds. The van der Waals surface area contributed by atoms with Gasteiger partial charge in [0.1, 0.15) is 0 Å². The second kappa shape index (κ2) is 5.26. The standard InChI is InChI=1S/C10H7ClF3NO3/c1-18-9(17)8(16)15-7-3-5(10(12,13)14)2-6(11)4-7/h2-4H,1H3,(H,15,16). The molecule has 0 saturated carbocycles. The molecule has 0 aliphatic rings. The molecular formula is C10H7ClF3NO3. The Bertz CT molecular complexity index is 488. The number of carbonyl (C=O) groups is 2. The van der Waals surface area contributed by atoms with Crippen molar-refractivity contribution in [3.05, 3.63) is 28.8 Å². The smallest absolute Gasteiger partial charge is 0.416 e. The predicted octanol–water partition coefficient (Wildman–Crippen LogP) is 2.47. The van der Waals surface area contributed by atoms with E-state index in [9.17, 15) is 22.8 Å². The van der Waals surface area contributed by atoms with E-state index in [0.717, 1.165) is 13.2 Å². The number of hydrogen-bond donors (Lipinski definition) is 1. The van der Waals surface area contributed by atoms with E-state index in [2.05, 4.69) is 4.74 Å². The molecule has 98 valence electrons. The zero-order valence-electron chi connectivity index (χ0n) is 8.97. The molecule has 0 radical (unpaired) electrons. The summed E-state index contributed by atoms with van der Waals surface area (Å²) in [5.41, 5.74) is -1.28. The third kappa shape index (κ3) is 3.63. The predicted molar refractivity (Wildman–Crippen MR) is 57.1 cm³/mol. The molecule has 0 aliphatic carbocycles. The number of anilines is 1. The van der Waals surface area contributed by atoms with Crippen molar-refractivity contribution in [3.63, 3.8) is 0 Å². The Balaban J connectivity index is 3.01. The van der Waals surface area contributed by atoms with Crippen LogP contribution >= 0.6 is 11.6 Å². The molecule has 0 aromatic heterocycles. The van der Waals surface area contributed by atoms with Gasteiger partial charge in [-0.2, -0.15) is 13.2 Å². The Kier molecular flexibility index (Phi) is 4.18. The van der Waals surface area contributed by atoms with Crippen LogP contribution in [0.5, 0.6) is 0 Å². The molecule has 0 bridgehead atoms. The molecule has 0 fully saturated rings. The molecular weight excluding hydrogens is 275 g/mol. The van der Waals surface area contributed by atoms with Gasteiger partial charge in [-0.05, 0) is 18.2 Å². The van der Waals surface area contributed by atoms with Crippen molar-refractivity contribution in [3.8, 4) is 0 Å². The van der Waals surface area contributed by atoms with E-state index in [4.69, 9.17) is 11.6 Å². The summed E-state index contributed by atoms with van der Waals surface area (Å²) >= 11 is 5.49.